The highest BCUT2D eigenvalue weighted by Gasteiger charge is 2.34. The molecule has 0 aromatic carbocycles. The molecule has 1 aromatic heterocycles. The van der Waals surface area contributed by atoms with Gasteiger partial charge >= 0.3 is 0 Å². The van der Waals surface area contributed by atoms with Gasteiger partial charge in [-0.05, 0) is 24.8 Å². The Labute approximate surface area is 112 Å². The van der Waals surface area contributed by atoms with E-state index in [1.165, 1.54) is 0 Å². The number of rotatable bonds is 2. The van der Waals surface area contributed by atoms with Crippen molar-refractivity contribution in [1.82, 2.24) is 9.47 Å². The molecule has 1 saturated carbocycles. The monoisotopic (exact) mass is 267 g/mol. The minimum absolute atomic E-state index is 0.0635. The van der Waals surface area contributed by atoms with Crippen LogP contribution in [0.5, 0.6) is 0 Å². The first kappa shape index (κ1) is 12.1. The zero-order chi connectivity index (χ0) is 12.9. The summed E-state index contributed by atoms with van der Waals surface area (Å²) in [7, 11) is 0. The van der Waals surface area contributed by atoms with Crippen molar-refractivity contribution in [3.8, 4) is 0 Å². The van der Waals surface area contributed by atoms with E-state index >= 15 is 0 Å². The van der Waals surface area contributed by atoms with Gasteiger partial charge in [-0.3, -0.25) is 4.79 Å². The van der Waals surface area contributed by atoms with Crippen LogP contribution >= 0.6 is 11.6 Å². The highest BCUT2D eigenvalue weighted by Crippen LogP contribution is 2.38. The second kappa shape index (κ2) is 4.28. The van der Waals surface area contributed by atoms with Crippen LogP contribution in [0.25, 0.3) is 0 Å². The maximum absolute atomic E-state index is 12.5. The molecule has 2 unspecified atom stereocenters. The summed E-state index contributed by atoms with van der Waals surface area (Å²) in [6, 6.07) is 2.33. The molecular formula is C13H18ClN3O. The number of aromatic nitrogens is 1. The van der Waals surface area contributed by atoms with E-state index in [2.05, 4.69) is 6.92 Å². The summed E-state index contributed by atoms with van der Waals surface area (Å²) >= 11 is 6.03. The molecule has 2 N–H and O–H groups in total. The third-order valence-corrected chi connectivity index (χ3v) is 4.14. The number of amides is 1. The molecule has 2 fully saturated rings. The van der Waals surface area contributed by atoms with E-state index in [0.717, 1.165) is 19.4 Å². The Morgan fingerprint density at radius 2 is 2.17 bits per heavy atom. The lowest BCUT2D eigenvalue weighted by Gasteiger charge is -2.17. The zero-order valence-electron chi connectivity index (χ0n) is 10.5. The number of likely N-dealkylation sites (tertiary alicyclic amines) is 1. The summed E-state index contributed by atoms with van der Waals surface area (Å²) in [5.74, 6) is 0.433. The van der Waals surface area contributed by atoms with E-state index in [-0.39, 0.29) is 11.9 Å². The molecule has 5 heteroatoms. The Bertz CT molecular complexity index is 471. The lowest BCUT2D eigenvalue weighted by atomic mass is 10.1. The SMILES string of the molecule is CC1CN(C(=O)c2cc(Cl)cn2C2CC2)CC1N. The topological polar surface area (TPSA) is 51.3 Å². The Hall–Kier alpha value is -1.00. The molecule has 1 aromatic rings. The van der Waals surface area contributed by atoms with Gasteiger partial charge in [-0.25, -0.2) is 0 Å². The van der Waals surface area contributed by atoms with E-state index in [4.69, 9.17) is 17.3 Å². The molecule has 1 saturated heterocycles. The van der Waals surface area contributed by atoms with Crippen molar-refractivity contribution in [3.63, 3.8) is 0 Å². The number of carbonyl (C=O) groups is 1. The number of hydrogen-bond acceptors (Lipinski definition) is 2. The summed E-state index contributed by atoms with van der Waals surface area (Å²) in [6.45, 7) is 3.48. The Morgan fingerprint density at radius 3 is 2.72 bits per heavy atom. The lowest BCUT2D eigenvalue weighted by molar-refractivity contribution is 0.0776. The first-order valence-electron chi connectivity index (χ1n) is 6.48. The number of nitrogens with two attached hydrogens (primary N) is 1. The van der Waals surface area contributed by atoms with Crippen molar-refractivity contribution in [2.24, 2.45) is 11.7 Å². The third-order valence-electron chi connectivity index (χ3n) is 3.93. The smallest absolute Gasteiger partial charge is 0.270 e. The van der Waals surface area contributed by atoms with Crippen molar-refractivity contribution in [3.05, 3.63) is 23.0 Å². The maximum Gasteiger partial charge on any atom is 0.270 e. The molecular weight excluding hydrogens is 250 g/mol. The Balaban J connectivity index is 1.84. The van der Waals surface area contributed by atoms with Crippen LogP contribution in [-0.2, 0) is 0 Å². The minimum atomic E-state index is 0.0635. The van der Waals surface area contributed by atoms with Crippen molar-refractivity contribution in [2.75, 3.05) is 13.1 Å². The summed E-state index contributed by atoms with van der Waals surface area (Å²) < 4.78 is 2.03. The van der Waals surface area contributed by atoms with E-state index in [1.807, 2.05) is 15.7 Å². The van der Waals surface area contributed by atoms with Gasteiger partial charge in [-0.15, -0.1) is 0 Å². The average molecular weight is 268 g/mol. The molecule has 3 rings (SSSR count). The zero-order valence-corrected chi connectivity index (χ0v) is 11.2. The number of halogens is 1. The van der Waals surface area contributed by atoms with E-state index in [0.29, 0.717) is 29.2 Å². The number of carbonyl (C=O) groups excluding carboxylic acids is 1. The van der Waals surface area contributed by atoms with E-state index in [1.54, 1.807) is 6.07 Å². The maximum atomic E-state index is 12.5. The standard InChI is InChI=1S/C13H18ClN3O/c1-8-5-16(7-11(8)15)13(18)12-4-9(14)6-17(12)10-2-3-10/h4,6,8,10-11H,2-3,5,7,15H2,1H3. The van der Waals surface area contributed by atoms with Crippen molar-refractivity contribution in [1.29, 1.82) is 0 Å². The minimum Gasteiger partial charge on any atom is -0.339 e. The van der Waals surface area contributed by atoms with Gasteiger partial charge in [0, 0.05) is 31.4 Å². The highest BCUT2D eigenvalue weighted by atomic mass is 35.5. The molecule has 18 heavy (non-hydrogen) atoms. The second-order valence-electron chi connectivity index (χ2n) is 5.53. The molecule has 0 radical (unpaired) electrons. The quantitative estimate of drug-likeness (QED) is 0.890. The van der Waals surface area contributed by atoms with Gasteiger partial charge in [0.15, 0.2) is 0 Å². The summed E-state index contributed by atoms with van der Waals surface area (Å²) in [5.41, 5.74) is 6.69. The van der Waals surface area contributed by atoms with Crippen LogP contribution in [0.15, 0.2) is 12.3 Å². The molecule has 2 heterocycles. The van der Waals surface area contributed by atoms with Crippen LogP contribution in [0.2, 0.25) is 5.02 Å². The fourth-order valence-electron chi connectivity index (χ4n) is 2.59. The fraction of sp³-hybridized carbons (Fsp3) is 0.615. The van der Waals surface area contributed by atoms with Gasteiger partial charge in [0.05, 0.1) is 5.02 Å². The highest BCUT2D eigenvalue weighted by molar-refractivity contribution is 6.31. The van der Waals surface area contributed by atoms with Crippen LogP contribution < -0.4 is 5.73 Å². The number of nitrogens with zero attached hydrogens (tertiary/aromatic N) is 2. The van der Waals surface area contributed by atoms with Crippen LogP contribution in [0, 0.1) is 5.92 Å². The summed E-state index contributed by atoms with van der Waals surface area (Å²) in [5, 5.41) is 0.641. The van der Waals surface area contributed by atoms with Crippen molar-refractivity contribution < 1.29 is 4.79 Å². The summed E-state index contributed by atoms with van der Waals surface area (Å²) in [6.07, 6.45) is 4.15. The van der Waals surface area contributed by atoms with Gasteiger partial charge in [0.25, 0.3) is 5.91 Å². The van der Waals surface area contributed by atoms with Gasteiger partial charge in [0.2, 0.25) is 0 Å². The molecule has 1 amide bonds. The average Bonchev–Trinajstić information content (AvgIpc) is 3.02. The van der Waals surface area contributed by atoms with Gasteiger partial charge in [-0.2, -0.15) is 0 Å². The predicted octanol–water partition coefficient (Wildman–Crippen LogP) is 1.90. The number of hydrogen-bond donors (Lipinski definition) is 1. The van der Waals surface area contributed by atoms with E-state index < -0.39 is 0 Å². The predicted molar refractivity (Wildman–Crippen MR) is 70.8 cm³/mol. The Morgan fingerprint density at radius 1 is 1.44 bits per heavy atom. The van der Waals surface area contributed by atoms with Gasteiger partial charge < -0.3 is 15.2 Å². The molecule has 1 aliphatic heterocycles. The lowest BCUT2D eigenvalue weighted by Crippen LogP contribution is -2.33. The van der Waals surface area contributed by atoms with Gasteiger partial charge in [-0.1, -0.05) is 18.5 Å². The van der Waals surface area contributed by atoms with Crippen LogP contribution in [0.1, 0.15) is 36.3 Å². The molecule has 1 aliphatic carbocycles. The molecule has 0 spiro atoms. The summed E-state index contributed by atoms with van der Waals surface area (Å²) in [4.78, 5) is 14.3. The van der Waals surface area contributed by atoms with Gasteiger partial charge in [0.1, 0.15) is 5.69 Å². The second-order valence-corrected chi connectivity index (χ2v) is 5.97. The normalized spacial score (nSPS) is 27.8. The first-order valence-corrected chi connectivity index (χ1v) is 6.86. The molecule has 2 aliphatic rings. The van der Waals surface area contributed by atoms with Crippen LogP contribution in [0.3, 0.4) is 0 Å². The van der Waals surface area contributed by atoms with Crippen molar-refractivity contribution >= 4 is 17.5 Å². The molecule has 2 atom stereocenters. The molecule has 4 nitrogen and oxygen atoms in total. The van der Waals surface area contributed by atoms with Crippen molar-refractivity contribution in [2.45, 2.75) is 31.8 Å². The fourth-order valence-corrected chi connectivity index (χ4v) is 2.80. The third kappa shape index (κ3) is 2.04. The molecule has 0 bridgehead atoms. The Kier molecular flexibility index (Phi) is 2.87. The van der Waals surface area contributed by atoms with E-state index in [9.17, 15) is 4.79 Å². The molecule has 98 valence electrons. The van der Waals surface area contributed by atoms with Crippen LogP contribution in [-0.4, -0.2) is 34.5 Å². The van der Waals surface area contributed by atoms with Crippen LogP contribution in [0.4, 0.5) is 0 Å². The largest absolute Gasteiger partial charge is 0.339 e. The first-order chi connectivity index (χ1) is 8.56.